The number of fused-ring (bicyclic) bond motifs is 1. The topological polar surface area (TPSA) is 155 Å². The number of aryl methyl sites for hydroxylation is 1. The first-order chi connectivity index (χ1) is 32.5. The molecule has 0 saturated carbocycles. The Labute approximate surface area is 391 Å². The van der Waals surface area contributed by atoms with Crippen LogP contribution in [-0.2, 0) is 43.9 Å². The molecule has 6 aromatic carbocycles. The van der Waals surface area contributed by atoms with E-state index < -0.39 is 28.3 Å². The Kier molecular flexibility index (Phi) is 14.0. The van der Waals surface area contributed by atoms with E-state index in [1.165, 1.54) is 0 Å². The van der Waals surface area contributed by atoms with Crippen LogP contribution in [0.1, 0.15) is 71.6 Å². The predicted octanol–water partition coefficient (Wildman–Crippen LogP) is 8.13. The van der Waals surface area contributed by atoms with Gasteiger partial charge in [-0.25, -0.2) is 13.2 Å². The number of sulfonamides is 1. The molecule has 67 heavy (non-hydrogen) atoms. The maximum atomic E-state index is 13.7. The summed E-state index contributed by atoms with van der Waals surface area (Å²) in [7, 11) is -3.98. The van der Waals surface area contributed by atoms with Crippen LogP contribution in [-0.4, -0.2) is 65.7 Å². The van der Waals surface area contributed by atoms with Gasteiger partial charge in [0.2, 0.25) is 15.9 Å². The number of para-hydroxylation sites is 2. The van der Waals surface area contributed by atoms with Gasteiger partial charge in [-0.1, -0.05) is 134 Å². The van der Waals surface area contributed by atoms with E-state index in [2.05, 4.69) is 26.8 Å². The minimum atomic E-state index is -3.98. The number of nitrogens with one attached hydrogen (secondary N) is 3. The zero-order valence-electron chi connectivity index (χ0n) is 37.8. The maximum absolute atomic E-state index is 13.7. The van der Waals surface area contributed by atoms with E-state index in [4.69, 9.17) is 9.47 Å². The molecular formula is C54H57N5O7S. The summed E-state index contributed by atoms with van der Waals surface area (Å²) in [5, 5.41) is 12.7. The van der Waals surface area contributed by atoms with Crippen LogP contribution in [0, 0.1) is 12.8 Å². The summed E-state index contributed by atoms with van der Waals surface area (Å²) in [5.74, 6) is -0.404. The van der Waals surface area contributed by atoms with Crippen molar-refractivity contribution >= 4 is 27.0 Å². The highest BCUT2D eigenvalue weighted by molar-refractivity contribution is 7.89. The standard InChI is InChI=1S/C54H57N5O7S/c1-36-15-25-46(26-16-36)67(63,64)57-48(32-38-9-4-3-5-10-38)52(61)55-33-40-11-8-12-44(31-40)41-21-23-43(24-22-41)53-65-50(37(2)51(66-53)42-19-17-39(35-60)18-20-42)34-58-29-27-45(28-30-58)59-49-14-7-6-13-47(49)56-54(59)62/h3-26,31,37,45,48,50-51,53,57,60H,27-30,32-35H2,1-2H3,(H,55,61)(H,56,62)/t37-,48-,50+,51+,53+/m1/s1. The first-order valence-corrected chi connectivity index (χ1v) is 24.5. The van der Waals surface area contributed by atoms with Gasteiger partial charge in [0.1, 0.15) is 6.04 Å². The van der Waals surface area contributed by atoms with Crippen molar-refractivity contribution < 1.29 is 27.8 Å². The number of carbonyl (C=O) groups excluding carboxylic acids is 1. The van der Waals surface area contributed by atoms with E-state index >= 15 is 0 Å². The van der Waals surface area contributed by atoms with Crippen molar-refractivity contribution in [3.05, 3.63) is 196 Å². The van der Waals surface area contributed by atoms with Crippen molar-refractivity contribution in [2.45, 2.75) is 81.7 Å². The van der Waals surface area contributed by atoms with Crippen LogP contribution in [0.15, 0.2) is 161 Å². The predicted molar refractivity (Wildman–Crippen MR) is 259 cm³/mol. The number of H-pyrrole nitrogens is 1. The quantitative estimate of drug-likeness (QED) is 0.0804. The van der Waals surface area contributed by atoms with Gasteiger partial charge in [0.15, 0.2) is 6.29 Å². The van der Waals surface area contributed by atoms with E-state index in [1.807, 2.05) is 139 Å². The molecule has 2 fully saturated rings. The number of aliphatic hydroxyl groups excluding tert-OH is 1. The normalized spacial score (nSPS) is 19.9. The van der Waals surface area contributed by atoms with Gasteiger partial charge in [0.25, 0.3) is 0 Å². The lowest BCUT2D eigenvalue weighted by Crippen LogP contribution is -2.47. The van der Waals surface area contributed by atoms with Gasteiger partial charge >= 0.3 is 5.69 Å². The summed E-state index contributed by atoms with van der Waals surface area (Å²) in [4.78, 5) is 32.3. The molecule has 4 N–H and O–H groups in total. The fraction of sp³-hybridized carbons (Fsp3) is 0.296. The Bertz CT molecular complexity index is 2950. The number of aliphatic hydroxyl groups is 1. The highest BCUT2D eigenvalue weighted by Crippen LogP contribution is 2.42. The van der Waals surface area contributed by atoms with E-state index in [9.17, 15) is 23.1 Å². The zero-order chi connectivity index (χ0) is 46.5. The van der Waals surface area contributed by atoms with Crippen molar-refractivity contribution in [2.24, 2.45) is 5.92 Å². The lowest BCUT2D eigenvalue weighted by molar-refractivity contribution is -0.276. The van der Waals surface area contributed by atoms with Crippen LogP contribution in [0.2, 0.25) is 0 Å². The fourth-order valence-corrected chi connectivity index (χ4v) is 10.6. The first-order valence-electron chi connectivity index (χ1n) is 23.0. The smallest absolute Gasteiger partial charge is 0.326 e. The van der Waals surface area contributed by atoms with Gasteiger partial charge in [-0.2, -0.15) is 4.72 Å². The Morgan fingerprint density at radius 2 is 1.46 bits per heavy atom. The molecule has 1 amide bonds. The van der Waals surface area contributed by atoms with Crippen LogP contribution in [0.5, 0.6) is 0 Å². The highest BCUT2D eigenvalue weighted by Gasteiger charge is 2.40. The average molecular weight is 920 g/mol. The van der Waals surface area contributed by atoms with Gasteiger partial charge in [0, 0.05) is 43.7 Å². The minimum absolute atomic E-state index is 0.0229. The third-order valence-corrected chi connectivity index (χ3v) is 14.7. The van der Waals surface area contributed by atoms with Crippen molar-refractivity contribution in [2.75, 3.05) is 19.6 Å². The third kappa shape index (κ3) is 10.7. The van der Waals surface area contributed by atoms with Gasteiger partial charge in [0.05, 0.1) is 34.7 Å². The minimum Gasteiger partial charge on any atom is -0.392 e. The number of imidazole rings is 1. The van der Waals surface area contributed by atoms with Crippen LogP contribution >= 0.6 is 0 Å². The number of hydrogen-bond donors (Lipinski definition) is 4. The summed E-state index contributed by atoms with van der Waals surface area (Å²) < 4.78 is 45.1. The van der Waals surface area contributed by atoms with Crippen molar-refractivity contribution in [3.63, 3.8) is 0 Å². The Balaban J connectivity index is 0.878. The largest absolute Gasteiger partial charge is 0.392 e. The average Bonchev–Trinajstić information content (AvgIpc) is 3.70. The monoisotopic (exact) mass is 919 g/mol. The second-order valence-electron chi connectivity index (χ2n) is 17.9. The molecule has 5 atom stereocenters. The van der Waals surface area contributed by atoms with Crippen LogP contribution < -0.4 is 15.7 Å². The number of carbonyl (C=O) groups is 1. The number of aromatic amines is 1. The van der Waals surface area contributed by atoms with Crippen LogP contribution in [0.3, 0.4) is 0 Å². The molecule has 3 heterocycles. The second kappa shape index (κ2) is 20.4. The molecule has 12 nitrogen and oxygen atoms in total. The Morgan fingerprint density at radius 3 is 2.19 bits per heavy atom. The number of aromatic nitrogens is 2. The molecular weight excluding hydrogens is 863 g/mol. The Hall–Kier alpha value is -6.19. The molecule has 9 rings (SSSR count). The molecule has 0 spiro atoms. The number of amides is 1. The molecule has 0 bridgehead atoms. The number of ether oxygens (including phenoxy) is 2. The lowest BCUT2D eigenvalue weighted by Gasteiger charge is -2.44. The molecule has 346 valence electrons. The number of likely N-dealkylation sites (tertiary alicyclic amines) is 1. The Morgan fingerprint density at radius 1 is 0.776 bits per heavy atom. The SMILES string of the molecule is Cc1ccc(S(=O)(=O)N[C@H](Cc2ccccc2)C(=O)NCc2cccc(-c3ccc([C@H]4O[C@@H](CN5CCC(n6c(=O)[nH]c7ccccc76)CC5)[C@@H](C)[C@@H](c5ccc(CO)cc5)O4)cc3)c2)cc1. The lowest BCUT2D eigenvalue weighted by atomic mass is 9.89. The number of rotatable bonds is 15. The van der Waals surface area contributed by atoms with Gasteiger partial charge in [-0.15, -0.1) is 0 Å². The molecule has 7 aromatic rings. The highest BCUT2D eigenvalue weighted by atomic mass is 32.2. The zero-order valence-corrected chi connectivity index (χ0v) is 38.6. The number of piperidine rings is 1. The van der Waals surface area contributed by atoms with Gasteiger partial charge in [-0.05, 0) is 89.9 Å². The summed E-state index contributed by atoms with van der Waals surface area (Å²) in [5.41, 5.74) is 9.04. The van der Waals surface area contributed by atoms with E-state index in [0.717, 1.165) is 88.0 Å². The van der Waals surface area contributed by atoms with E-state index in [0.29, 0.717) is 0 Å². The van der Waals surface area contributed by atoms with Gasteiger partial charge in [-0.3, -0.25) is 9.36 Å². The molecule has 0 unspecified atom stereocenters. The van der Waals surface area contributed by atoms with Crippen LogP contribution in [0.4, 0.5) is 0 Å². The maximum Gasteiger partial charge on any atom is 0.326 e. The second-order valence-corrected chi connectivity index (χ2v) is 19.6. The van der Waals surface area contributed by atoms with E-state index in [-0.39, 0.29) is 54.3 Å². The molecule has 13 heteroatoms. The van der Waals surface area contributed by atoms with Crippen molar-refractivity contribution in [1.29, 1.82) is 0 Å². The molecule has 2 saturated heterocycles. The summed E-state index contributed by atoms with van der Waals surface area (Å²) >= 11 is 0. The summed E-state index contributed by atoms with van der Waals surface area (Å²) in [6.07, 6.45) is 0.863. The van der Waals surface area contributed by atoms with Gasteiger partial charge < -0.3 is 29.8 Å². The molecule has 0 radical (unpaired) electrons. The van der Waals surface area contributed by atoms with Crippen molar-refractivity contribution in [3.8, 4) is 11.1 Å². The first kappa shape index (κ1) is 45.9. The molecule has 2 aliphatic rings. The number of nitrogens with zero attached hydrogens (tertiary/aromatic N) is 2. The number of hydrogen-bond acceptors (Lipinski definition) is 8. The fourth-order valence-electron chi connectivity index (χ4n) is 9.40. The van der Waals surface area contributed by atoms with Crippen LogP contribution in [0.25, 0.3) is 22.2 Å². The summed E-state index contributed by atoms with van der Waals surface area (Å²) in [6.45, 7) is 6.62. The van der Waals surface area contributed by atoms with Crippen molar-refractivity contribution in [1.82, 2.24) is 24.5 Å². The van der Waals surface area contributed by atoms with E-state index in [1.54, 1.807) is 24.3 Å². The third-order valence-electron chi connectivity index (χ3n) is 13.2. The number of benzene rings is 6. The molecule has 2 aliphatic heterocycles. The molecule has 0 aliphatic carbocycles. The summed E-state index contributed by atoms with van der Waals surface area (Å²) in [6, 6.07) is 46.9. The molecule has 1 aromatic heterocycles.